The monoisotopic (exact) mass is 189 g/mol. The van der Waals surface area contributed by atoms with E-state index in [1.165, 1.54) is 0 Å². The van der Waals surface area contributed by atoms with E-state index < -0.39 is 0 Å². The van der Waals surface area contributed by atoms with Crippen LogP contribution in [0.2, 0.25) is 0 Å². The van der Waals surface area contributed by atoms with Crippen molar-refractivity contribution in [3.63, 3.8) is 0 Å². The largest absolute Gasteiger partial charge is 0.378 e. The van der Waals surface area contributed by atoms with Gasteiger partial charge in [0.05, 0.1) is 6.42 Å². The van der Waals surface area contributed by atoms with Gasteiger partial charge in [0.2, 0.25) is 0 Å². The topological polar surface area (TPSA) is 37.4 Å². The molecule has 0 fully saturated rings. The van der Waals surface area contributed by atoms with Gasteiger partial charge in [0.25, 0.3) is 0 Å². The van der Waals surface area contributed by atoms with Gasteiger partial charge in [0.1, 0.15) is 0 Å². The van der Waals surface area contributed by atoms with Crippen LogP contribution in [0.4, 0.5) is 5.69 Å². The first-order valence-corrected chi connectivity index (χ1v) is 4.47. The Hall–Kier alpha value is -1.64. The molecule has 0 saturated carbocycles. The maximum Gasteiger partial charge on any atom is 0.171 e. The normalized spacial score (nSPS) is 14.4. The summed E-state index contributed by atoms with van der Waals surface area (Å²) in [6.07, 6.45) is 0.0339. The van der Waals surface area contributed by atoms with Crippen molar-refractivity contribution < 1.29 is 9.59 Å². The Morgan fingerprint density at radius 1 is 1.07 bits per heavy atom. The lowest BCUT2D eigenvalue weighted by molar-refractivity contribution is 0.0923. The van der Waals surface area contributed by atoms with Crippen LogP contribution in [0.1, 0.15) is 27.1 Å². The fraction of sp³-hybridized carbons (Fsp3) is 0.273. The van der Waals surface area contributed by atoms with Gasteiger partial charge in [-0.3, -0.25) is 9.59 Å². The zero-order valence-electron chi connectivity index (χ0n) is 8.20. The van der Waals surface area contributed by atoms with Gasteiger partial charge in [-0.25, -0.2) is 0 Å². The third-order valence-electron chi connectivity index (χ3n) is 2.44. The Kier molecular flexibility index (Phi) is 1.88. The van der Waals surface area contributed by atoms with Crippen LogP contribution in [0.25, 0.3) is 0 Å². The van der Waals surface area contributed by atoms with Gasteiger partial charge in [0.15, 0.2) is 11.6 Å². The fourth-order valence-electron chi connectivity index (χ4n) is 1.62. The summed E-state index contributed by atoms with van der Waals surface area (Å²) in [5.41, 5.74) is 2.09. The second kappa shape index (κ2) is 2.94. The predicted molar refractivity (Wildman–Crippen MR) is 54.0 cm³/mol. The van der Waals surface area contributed by atoms with Crippen LogP contribution in [0.5, 0.6) is 0 Å². The number of fused-ring (bicyclic) bond motifs is 1. The van der Waals surface area contributed by atoms with Crippen LogP contribution in [0, 0.1) is 0 Å². The minimum Gasteiger partial charge on any atom is -0.378 e. The molecular weight excluding hydrogens is 178 g/mol. The average molecular weight is 189 g/mol. The average Bonchev–Trinajstić information content (AvgIpc) is 2.42. The fourth-order valence-corrected chi connectivity index (χ4v) is 1.62. The van der Waals surface area contributed by atoms with Crippen molar-refractivity contribution in [2.75, 3.05) is 19.0 Å². The van der Waals surface area contributed by atoms with Crippen LogP contribution in [0.3, 0.4) is 0 Å². The number of rotatable bonds is 1. The molecule has 0 N–H and O–H groups in total. The van der Waals surface area contributed by atoms with E-state index in [1.807, 2.05) is 25.1 Å². The number of Topliss-reactive ketones (excluding diaryl/α,β-unsaturated/α-hetero) is 2. The van der Waals surface area contributed by atoms with Gasteiger partial charge in [-0.05, 0) is 18.2 Å². The molecule has 1 aromatic carbocycles. The van der Waals surface area contributed by atoms with E-state index in [0.29, 0.717) is 11.1 Å². The summed E-state index contributed by atoms with van der Waals surface area (Å²) in [5.74, 6) is -0.121. The predicted octanol–water partition coefficient (Wildman–Crippen LogP) is 1.52. The molecular formula is C11H11NO2. The number of ketones is 2. The van der Waals surface area contributed by atoms with Crippen molar-refractivity contribution >= 4 is 17.3 Å². The van der Waals surface area contributed by atoms with Gasteiger partial charge in [-0.15, -0.1) is 0 Å². The highest BCUT2D eigenvalue weighted by Crippen LogP contribution is 2.25. The standard InChI is InChI=1S/C11H11NO2/c1-12(2)7-3-4-8-9(5-7)11(14)6-10(8)13/h3-5H,6H2,1-2H3. The van der Waals surface area contributed by atoms with E-state index in [9.17, 15) is 9.59 Å². The summed E-state index contributed by atoms with van der Waals surface area (Å²) < 4.78 is 0. The molecule has 0 radical (unpaired) electrons. The summed E-state index contributed by atoms with van der Waals surface area (Å²) in [5, 5.41) is 0. The molecule has 1 aliphatic rings. The Labute approximate surface area is 82.3 Å². The first-order valence-electron chi connectivity index (χ1n) is 4.47. The van der Waals surface area contributed by atoms with Crippen molar-refractivity contribution in [1.82, 2.24) is 0 Å². The summed E-state index contributed by atoms with van der Waals surface area (Å²) in [6, 6.07) is 5.37. The molecule has 0 spiro atoms. The van der Waals surface area contributed by atoms with E-state index in [1.54, 1.807) is 12.1 Å². The Morgan fingerprint density at radius 3 is 2.36 bits per heavy atom. The Bertz CT molecular complexity index is 421. The molecule has 14 heavy (non-hydrogen) atoms. The van der Waals surface area contributed by atoms with Gasteiger partial charge in [-0.1, -0.05) is 0 Å². The minimum atomic E-state index is -0.0614. The Morgan fingerprint density at radius 2 is 1.71 bits per heavy atom. The lowest BCUT2D eigenvalue weighted by Crippen LogP contribution is -2.09. The number of carbonyl (C=O) groups is 2. The van der Waals surface area contributed by atoms with Crippen molar-refractivity contribution in [1.29, 1.82) is 0 Å². The maximum absolute atomic E-state index is 11.4. The third-order valence-corrected chi connectivity index (χ3v) is 2.44. The highest BCUT2D eigenvalue weighted by Gasteiger charge is 2.27. The highest BCUT2D eigenvalue weighted by molar-refractivity contribution is 6.24. The van der Waals surface area contributed by atoms with Crippen molar-refractivity contribution in [2.45, 2.75) is 6.42 Å². The van der Waals surface area contributed by atoms with Crippen molar-refractivity contribution in [3.05, 3.63) is 29.3 Å². The second-order valence-electron chi connectivity index (χ2n) is 3.65. The van der Waals surface area contributed by atoms with Crippen LogP contribution in [-0.2, 0) is 0 Å². The molecule has 0 amide bonds. The van der Waals surface area contributed by atoms with Crippen LogP contribution in [0.15, 0.2) is 18.2 Å². The molecule has 1 aromatic rings. The molecule has 2 rings (SSSR count). The van der Waals surface area contributed by atoms with E-state index in [-0.39, 0.29) is 18.0 Å². The van der Waals surface area contributed by atoms with Crippen LogP contribution in [-0.4, -0.2) is 25.7 Å². The number of nitrogens with zero attached hydrogens (tertiary/aromatic N) is 1. The number of hydrogen-bond acceptors (Lipinski definition) is 3. The molecule has 0 saturated heterocycles. The molecule has 0 unspecified atom stereocenters. The molecule has 3 nitrogen and oxygen atoms in total. The van der Waals surface area contributed by atoms with E-state index >= 15 is 0 Å². The summed E-state index contributed by atoms with van der Waals surface area (Å²) in [7, 11) is 3.81. The highest BCUT2D eigenvalue weighted by atomic mass is 16.2. The van der Waals surface area contributed by atoms with Gasteiger partial charge in [-0.2, -0.15) is 0 Å². The molecule has 0 aliphatic heterocycles. The smallest absolute Gasteiger partial charge is 0.171 e. The number of hydrogen-bond donors (Lipinski definition) is 0. The van der Waals surface area contributed by atoms with Crippen molar-refractivity contribution in [2.24, 2.45) is 0 Å². The Balaban J connectivity index is 2.55. The molecule has 1 aliphatic carbocycles. The number of anilines is 1. The SMILES string of the molecule is CN(C)c1ccc2c(c1)C(=O)CC2=O. The van der Waals surface area contributed by atoms with Crippen molar-refractivity contribution in [3.8, 4) is 0 Å². The zero-order valence-corrected chi connectivity index (χ0v) is 8.20. The molecule has 0 bridgehead atoms. The first-order chi connectivity index (χ1) is 6.59. The number of benzene rings is 1. The second-order valence-corrected chi connectivity index (χ2v) is 3.65. The van der Waals surface area contributed by atoms with E-state index in [2.05, 4.69) is 0 Å². The minimum absolute atomic E-state index is 0.0339. The summed E-state index contributed by atoms with van der Waals surface area (Å²) in [4.78, 5) is 24.6. The van der Waals surface area contributed by atoms with Gasteiger partial charge >= 0.3 is 0 Å². The molecule has 0 heterocycles. The van der Waals surface area contributed by atoms with Gasteiger partial charge in [0, 0.05) is 30.9 Å². The van der Waals surface area contributed by atoms with E-state index in [4.69, 9.17) is 0 Å². The first kappa shape index (κ1) is 8.94. The third kappa shape index (κ3) is 1.21. The van der Waals surface area contributed by atoms with E-state index in [0.717, 1.165) is 5.69 Å². The summed E-state index contributed by atoms with van der Waals surface area (Å²) in [6.45, 7) is 0. The lowest BCUT2D eigenvalue weighted by atomic mass is 10.1. The quantitative estimate of drug-likeness (QED) is 0.628. The molecule has 0 atom stereocenters. The van der Waals surface area contributed by atoms with Gasteiger partial charge < -0.3 is 4.90 Å². The molecule has 72 valence electrons. The lowest BCUT2D eigenvalue weighted by Gasteiger charge is -2.12. The molecule has 3 heteroatoms. The number of carbonyl (C=O) groups excluding carboxylic acids is 2. The molecule has 0 aromatic heterocycles. The van der Waals surface area contributed by atoms with Crippen LogP contribution < -0.4 is 4.90 Å². The zero-order chi connectivity index (χ0) is 10.3. The van der Waals surface area contributed by atoms with Crippen LogP contribution >= 0.6 is 0 Å². The maximum atomic E-state index is 11.4. The summed E-state index contributed by atoms with van der Waals surface area (Å²) >= 11 is 0.